The second-order valence-corrected chi connectivity index (χ2v) is 5.59. The maximum Gasteiger partial charge on any atom is 0.146 e. The number of aliphatic hydroxyl groups excluding tert-OH is 1. The van der Waals surface area contributed by atoms with E-state index in [0.717, 1.165) is 26.5 Å². The Labute approximate surface area is 121 Å². The number of thiazole rings is 1. The van der Waals surface area contributed by atoms with Gasteiger partial charge in [0.05, 0.1) is 11.3 Å². The fraction of sp³-hybridized carbons (Fsp3) is 0.188. The monoisotopic (exact) mass is 285 g/mol. The highest BCUT2D eigenvalue weighted by Gasteiger charge is 2.10. The van der Waals surface area contributed by atoms with E-state index in [1.165, 1.54) is 5.56 Å². The number of aliphatic hydroxyl groups is 1. The Morgan fingerprint density at radius 3 is 2.70 bits per heavy atom. The van der Waals surface area contributed by atoms with Crippen molar-refractivity contribution in [2.75, 3.05) is 13.2 Å². The van der Waals surface area contributed by atoms with Gasteiger partial charge in [0.1, 0.15) is 22.9 Å². The molecule has 1 heterocycles. The second kappa shape index (κ2) is 5.61. The summed E-state index contributed by atoms with van der Waals surface area (Å²) < 4.78 is 6.62. The molecule has 3 aromatic rings. The number of hydrogen-bond donors (Lipinski definition) is 1. The molecule has 0 aliphatic rings. The highest BCUT2D eigenvalue weighted by molar-refractivity contribution is 7.21. The molecule has 1 aromatic heterocycles. The van der Waals surface area contributed by atoms with E-state index in [4.69, 9.17) is 9.84 Å². The third-order valence-corrected chi connectivity index (χ3v) is 4.10. The first-order valence-electron chi connectivity index (χ1n) is 6.48. The van der Waals surface area contributed by atoms with Crippen molar-refractivity contribution in [3.8, 4) is 16.3 Å². The molecule has 0 unspecified atom stereocenters. The quantitative estimate of drug-likeness (QED) is 0.795. The minimum atomic E-state index is 0.00530. The van der Waals surface area contributed by atoms with Gasteiger partial charge in [0.25, 0.3) is 0 Å². The van der Waals surface area contributed by atoms with E-state index in [1.54, 1.807) is 11.3 Å². The van der Waals surface area contributed by atoms with Gasteiger partial charge in [0.2, 0.25) is 0 Å². The molecule has 0 radical (unpaired) electrons. The lowest BCUT2D eigenvalue weighted by molar-refractivity contribution is 0.202. The summed E-state index contributed by atoms with van der Waals surface area (Å²) in [4.78, 5) is 4.68. The Bertz CT molecular complexity index is 719. The van der Waals surface area contributed by atoms with Gasteiger partial charge in [-0.05, 0) is 19.1 Å². The molecule has 0 fully saturated rings. The maximum absolute atomic E-state index is 8.87. The van der Waals surface area contributed by atoms with Gasteiger partial charge in [0, 0.05) is 5.56 Å². The molecule has 0 atom stereocenters. The van der Waals surface area contributed by atoms with Crippen molar-refractivity contribution in [1.29, 1.82) is 0 Å². The van der Waals surface area contributed by atoms with Gasteiger partial charge in [-0.1, -0.05) is 35.9 Å². The summed E-state index contributed by atoms with van der Waals surface area (Å²) in [5.41, 5.74) is 3.22. The molecule has 1 N–H and O–H groups in total. The van der Waals surface area contributed by atoms with Crippen molar-refractivity contribution in [2.45, 2.75) is 6.92 Å². The Morgan fingerprint density at radius 1 is 1.15 bits per heavy atom. The van der Waals surface area contributed by atoms with Crippen molar-refractivity contribution in [3.63, 3.8) is 0 Å². The van der Waals surface area contributed by atoms with Crippen LogP contribution in [0.5, 0.6) is 5.75 Å². The highest BCUT2D eigenvalue weighted by atomic mass is 32.1. The summed E-state index contributed by atoms with van der Waals surface area (Å²) in [5.74, 6) is 0.728. The molecule has 3 rings (SSSR count). The standard InChI is InChI=1S/C16H15NO2S/c1-11-5-7-12(8-6-11)16-17-15-13(19-10-9-18)3-2-4-14(15)20-16/h2-8,18H,9-10H2,1H3. The molecule has 102 valence electrons. The average Bonchev–Trinajstić information content (AvgIpc) is 2.90. The molecule has 0 saturated carbocycles. The topological polar surface area (TPSA) is 42.4 Å². The third kappa shape index (κ3) is 2.53. The first-order valence-corrected chi connectivity index (χ1v) is 7.30. The van der Waals surface area contributed by atoms with Crippen LogP contribution in [-0.4, -0.2) is 23.3 Å². The smallest absolute Gasteiger partial charge is 0.146 e. The summed E-state index contributed by atoms with van der Waals surface area (Å²) in [6, 6.07) is 14.2. The van der Waals surface area contributed by atoms with Crippen LogP contribution in [0, 0.1) is 6.92 Å². The molecule has 0 spiro atoms. The van der Waals surface area contributed by atoms with Crippen LogP contribution in [-0.2, 0) is 0 Å². The number of hydrogen-bond acceptors (Lipinski definition) is 4. The van der Waals surface area contributed by atoms with Gasteiger partial charge in [-0.25, -0.2) is 4.98 Å². The lowest BCUT2D eigenvalue weighted by Crippen LogP contribution is -2.01. The molecule has 0 amide bonds. The molecule has 3 nitrogen and oxygen atoms in total. The third-order valence-electron chi connectivity index (χ3n) is 3.03. The largest absolute Gasteiger partial charge is 0.489 e. The molecule has 4 heteroatoms. The van der Waals surface area contributed by atoms with Gasteiger partial charge >= 0.3 is 0 Å². The van der Waals surface area contributed by atoms with E-state index in [-0.39, 0.29) is 13.2 Å². The Morgan fingerprint density at radius 2 is 1.95 bits per heavy atom. The number of para-hydroxylation sites is 1. The average molecular weight is 285 g/mol. The SMILES string of the molecule is Cc1ccc(-c2nc3c(OCCO)cccc3s2)cc1. The number of ether oxygens (including phenoxy) is 1. The van der Waals surface area contributed by atoms with Gasteiger partial charge < -0.3 is 9.84 Å². The van der Waals surface area contributed by atoms with Crippen molar-refractivity contribution in [3.05, 3.63) is 48.0 Å². The summed E-state index contributed by atoms with van der Waals surface area (Å²) in [6.45, 7) is 2.37. The van der Waals surface area contributed by atoms with E-state index < -0.39 is 0 Å². The minimum absolute atomic E-state index is 0.00530. The van der Waals surface area contributed by atoms with Crippen molar-refractivity contribution in [2.24, 2.45) is 0 Å². The Hall–Kier alpha value is -1.91. The first kappa shape index (κ1) is 13.1. The van der Waals surface area contributed by atoms with E-state index >= 15 is 0 Å². The number of aryl methyl sites for hydroxylation is 1. The van der Waals surface area contributed by atoms with Crippen LogP contribution in [0.4, 0.5) is 0 Å². The zero-order valence-corrected chi connectivity index (χ0v) is 12.0. The highest BCUT2D eigenvalue weighted by Crippen LogP contribution is 2.34. The summed E-state index contributed by atoms with van der Waals surface area (Å²) in [5, 5.41) is 9.85. The molecule has 0 aliphatic heterocycles. The zero-order chi connectivity index (χ0) is 13.9. The van der Waals surface area contributed by atoms with E-state index in [0.29, 0.717) is 0 Å². The number of aromatic nitrogens is 1. The van der Waals surface area contributed by atoms with Crippen LogP contribution in [0.25, 0.3) is 20.8 Å². The lowest BCUT2D eigenvalue weighted by atomic mass is 10.2. The zero-order valence-electron chi connectivity index (χ0n) is 11.2. The van der Waals surface area contributed by atoms with Crippen molar-refractivity contribution < 1.29 is 9.84 Å². The first-order chi connectivity index (χ1) is 9.78. The minimum Gasteiger partial charge on any atom is -0.489 e. The van der Waals surface area contributed by atoms with Crippen LogP contribution in [0.3, 0.4) is 0 Å². The maximum atomic E-state index is 8.87. The fourth-order valence-corrected chi connectivity index (χ4v) is 3.00. The molecule has 0 saturated heterocycles. The van der Waals surface area contributed by atoms with Crippen LogP contribution in [0.15, 0.2) is 42.5 Å². The summed E-state index contributed by atoms with van der Waals surface area (Å²) >= 11 is 1.65. The van der Waals surface area contributed by atoms with Crippen LogP contribution >= 0.6 is 11.3 Å². The predicted molar refractivity (Wildman–Crippen MR) is 82.4 cm³/mol. The lowest BCUT2D eigenvalue weighted by Gasteiger charge is -2.03. The fourth-order valence-electron chi connectivity index (χ4n) is 2.01. The van der Waals surface area contributed by atoms with Crippen LogP contribution in [0.1, 0.15) is 5.56 Å². The van der Waals surface area contributed by atoms with Gasteiger partial charge in [-0.15, -0.1) is 11.3 Å². The molecule has 2 aromatic carbocycles. The van der Waals surface area contributed by atoms with Gasteiger partial charge in [-0.2, -0.15) is 0 Å². The van der Waals surface area contributed by atoms with Gasteiger partial charge in [0.15, 0.2) is 0 Å². The summed E-state index contributed by atoms with van der Waals surface area (Å²) in [7, 11) is 0. The second-order valence-electron chi connectivity index (χ2n) is 4.56. The number of nitrogens with zero attached hydrogens (tertiary/aromatic N) is 1. The van der Waals surface area contributed by atoms with E-state index in [9.17, 15) is 0 Å². The van der Waals surface area contributed by atoms with E-state index in [1.807, 2.05) is 18.2 Å². The number of rotatable bonds is 4. The van der Waals surface area contributed by atoms with Crippen molar-refractivity contribution in [1.82, 2.24) is 4.98 Å². The Kier molecular flexibility index (Phi) is 3.67. The molecular weight excluding hydrogens is 270 g/mol. The van der Waals surface area contributed by atoms with Crippen molar-refractivity contribution >= 4 is 21.6 Å². The van der Waals surface area contributed by atoms with Crippen LogP contribution < -0.4 is 4.74 Å². The molecule has 0 aliphatic carbocycles. The molecule has 0 bridgehead atoms. The predicted octanol–water partition coefficient (Wildman–Crippen LogP) is 3.64. The molecular formula is C16H15NO2S. The normalized spacial score (nSPS) is 10.9. The summed E-state index contributed by atoms with van der Waals surface area (Å²) in [6.07, 6.45) is 0. The molecule has 20 heavy (non-hydrogen) atoms. The number of fused-ring (bicyclic) bond motifs is 1. The van der Waals surface area contributed by atoms with Crippen LogP contribution in [0.2, 0.25) is 0 Å². The number of benzene rings is 2. The van der Waals surface area contributed by atoms with E-state index in [2.05, 4.69) is 36.2 Å². The van der Waals surface area contributed by atoms with Gasteiger partial charge in [-0.3, -0.25) is 0 Å². The Balaban J connectivity index is 2.03.